The molecule has 92 valence electrons. The van der Waals surface area contributed by atoms with Gasteiger partial charge in [0.1, 0.15) is 0 Å². The average Bonchev–Trinajstić information content (AvgIpc) is 2.26. The summed E-state index contributed by atoms with van der Waals surface area (Å²) in [6.07, 6.45) is 6.91. The lowest BCUT2D eigenvalue weighted by atomic mass is 9.87. The molecule has 3 nitrogen and oxygen atoms in total. The highest BCUT2D eigenvalue weighted by Crippen LogP contribution is 2.26. The van der Waals surface area contributed by atoms with E-state index in [0.717, 1.165) is 12.5 Å². The third kappa shape index (κ3) is 3.97. The molecule has 0 aliphatic heterocycles. The Morgan fingerprint density at radius 1 is 1.38 bits per heavy atom. The van der Waals surface area contributed by atoms with E-state index in [9.17, 15) is 4.79 Å². The summed E-state index contributed by atoms with van der Waals surface area (Å²) >= 11 is 0. The molecule has 0 radical (unpaired) electrons. The van der Waals surface area contributed by atoms with Gasteiger partial charge in [-0.25, -0.2) is 4.79 Å². The fraction of sp³-hybridized carbons (Fsp3) is 0.769. The number of hydrogen-bond donors (Lipinski definition) is 1. The van der Waals surface area contributed by atoms with Crippen molar-refractivity contribution in [3.8, 4) is 0 Å². The zero-order valence-corrected chi connectivity index (χ0v) is 10.6. The summed E-state index contributed by atoms with van der Waals surface area (Å²) in [5.41, 5.74) is 0.441. The van der Waals surface area contributed by atoms with Gasteiger partial charge in [-0.2, -0.15) is 0 Å². The number of likely N-dealkylation sites (N-methyl/N-ethyl adjacent to an activating group) is 1. The van der Waals surface area contributed by atoms with Gasteiger partial charge in [0.25, 0.3) is 0 Å². The summed E-state index contributed by atoms with van der Waals surface area (Å²) in [7, 11) is 2.09. The van der Waals surface area contributed by atoms with E-state index in [1.807, 2.05) is 0 Å². The average molecular weight is 225 g/mol. The third-order valence-electron chi connectivity index (χ3n) is 3.63. The van der Waals surface area contributed by atoms with Crippen molar-refractivity contribution in [2.75, 3.05) is 13.6 Å². The molecule has 1 N–H and O–H groups in total. The highest BCUT2D eigenvalue weighted by molar-refractivity contribution is 5.85. The van der Waals surface area contributed by atoms with Crippen LogP contribution in [0.3, 0.4) is 0 Å². The van der Waals surface area contributed by atoms with Crippen molar-refractivity contribution in [1.29, 1.82) is 0 Å². The summed E-state index contributed by atoms with van der Waals surface area (Å²) in [5.74, 6) is 0.0478. The van der Waals surface area contributed by atoms with Crippen LogP contribution in [0, 0.1) is 5.92 Å². The normalized spacial score (nSPS) is 27.1. The maximum atomic E-state index is 10.6. The molecule has 0 aromatic heterocycles. The van der Waals surface area contributed by atoms with Crippen molar-refractivity contribution in [2.24, 2.45) is 5.92 Å². The van der Waals surface area contributed by atoms with Gasteiger partial charge in [-0.3, -0.25) is 4.90 Å². The molecule has 1 rings (SSSR count). The van der Waals surface area contributed by atoms with E-state index in [-0.39, 0.29) is 0 Å². The molecule has 1 saturated carbocycles. The monoisotopic (exact) mass is 225 g/mol. The number of hydrogen-bond acceptors (Lipinski definition) is 2. The summed E-state index contributed by atoms with van der Waals surface area (Å²) in [6.45, 7) is 4.71. The van der Waals surface area contributed by atoms with Crippen LogP contribution >= 0.6 is 0 Å². The maximum Gasteiger partial charge on any atom is 0.330 e. The van der Waals surface area contributed by atoms with Crippen molar-refractivity contribution in [3.63, 3.8) is 0 Å². The van der Waals surface area contributed by atoms with Crippen LogP contribution in [0.1, 0.15) is 39.5 Å². The molecule has 0 amide bonds. The summed E-state index contributed by atoms with van der Waals surface area (Å²) in [4.78, 5) is 12.9. The Balaban J connectivity index is 2.38. The Labute approximate surface area is 98.1 Å². The minimum absolute atomic E-state index is 0.441. The van der Waals surface area contributed by atoms with Gasteiger partial charge in [-0.15, -0.1) is 0 Å². The van der Waals surface area contributed by atoms with Crippen LogP contribution in [-0.2, 0) is 4.79 Å². The Hall–Kier alpha value is -0.830. The largest absolute Gasteiger partial charge is 0.478 e. The predicted molar refractivity (Wildman–Crippen MR) is 65.4 cm³/mol. The van der Waals surface area contributed by atoms with Crippen LogP contribution in [0.25, 0.3) is 0 Å². The van der Waals surface area contributed by atoms with Gasteiger partial charge >= 0.3 is 5.97 Å². The fourth-order valence-electron chi connectivity index (χ4n) is 2.20. The first-order valence-electron chi connectivity index (χ1n) is 6.11. The van der Waals surface area contributed by atoms with E-state index in [2.05, 4.69) is 18.9 Å². The van der Waals surface area contributed by atoms with Gasteiger partial charge in [-0.1, -0.05) is 13.0 Å². The fourth-order valence-corrected chi connectivity index (χ4v) is 2.20. The van der Waals surface area contributed by atoms with Crippen molar-refractivity contribution < 1.29 is 9.90 Å². The van der Waals surface area contributed by atoms with E-state index < -0.39 is 5.97 Å². The molecule has 0 bridgehead atoms. The molecule has 0 heterocycles. The second-order valence-electron chi connectivity index (χ2n) is 5.05. The number of rotatable bonds is 4. The van der Waals surface area contributed by atoms with E-state index >= 15 is 0 Å². The van der Waals surface area contributed by atoms with Crippen LogP contribution in [0.4, 0.5) is 0 Å². The van der Waals surface area contributed by atoms with Crippen molar-refractivity contribution in [1.82, 2.24) is 4.90 Å². The Kier molecular flexibility index (Phi) is 5.00. The molecule has 0 atom stereocenters. The zero-order chi connectivity index (χ0) is 12.1. The van der Waals surface area contributed by atoms with Gasteiger partial charge < -0.3 is 5.11 Å². The molecule has 1 fully saturated rings. The molecule has 0 unspecified atom stereocenters. The molecule has 0 spiro atoms. The minimum atomic E-state index is -0.814. The number of carbonyl (C=O) groups is 1. The highest BCUT2D eigenvalue weighted by Gasteiger charge is 2.20. The molecule has 3 heteroatoms. The molecule has 0 aromatic carbocycles. The van der Waals surface area contributed by atoms with Crippen LogP contribution in [0.2, 0.25) is 0 Å². The van der Waals surface area contributed by atoms with Gasteiger partial charge in [0.2, 0.25) is 0 Å². The van der Waals surface area contributed by atoms with E-state index in [1.54, 1.807) is 13.0 Å². The number of aliphatic carboxylic acids is 1. The van der Waals surface area contributed by atoms with Crippen molar-refractivity contribution in [3.05, 3.63) is 11.6 Å². The first-order valence-corrected chi connectivity index (χ1v) is 6.11. The second-order valence-corrected chi connectivity index (χ2v) is 5.05. The lowest BCUT2D eigenvalue weighted by Gasteiger charge is -2.33. The Bertz CT molecular complexity index is 265. The SMILES string of the molecule is CC(=CCN(C)C1CCC(C)CC1)C(=O)O. The topological polar surface area (TPSA) is 40.5 Å². The van der Waals surface area contributed by atoms with E-state index in [1.165, 1.54) is 25.7 Å². The Morgan fingerprint density at radius 2 is 1.94 bits per heavy atom. The molecular weight excluding hydrogens is 202 g/mol. The van der Waals surface area contributed by atoms with Gasteiger partial charge in [0.05, 0.1) is 0 Å². The standard InChI is InChI=1S/C13H23NO2/c1-10-4-6-12(7-5-10)14(3)9-8-11(2)13(15)16/h8,10,12H,4-7,9H2,1-3H3,(H,15,16). The number of carboxylic acid groups (broad SMARTS) is 1. The first-order chi connectivity index (χ1) is 7.50. The second kappa shape index (κ2) is 6.04. The quantitative estimate of drug-likeness (QED) is 0.747. The smallest absolute Gasteiger partial charge is 0.330 e. The molecule has 0 saturated heterocycles. The predicted octanol–water partition coefficient (Wildman–Crippen LogP) is 2.53. The van der Waals surface area contributed by atoms with Crippen LogP contribution < -0.4 is 0 Å². The van der Waals surface area contributed by atoms with Crippen LogP contribution in [0.5, 0.6) is 0 Å². The van der Waals surface area contributed by atoms with Crippen molar-refractivity contribution in [2.45, 2.75) is 45.6 Å². The summed E-state index contributed by atoms with van der Waals surface area (Å²) in [6, 6.07) is 0.633. The van der Waals surface area contributed by atoms with Gasteiger partial charge in [0, 0.05) is 18.2 Å². The lowest BCUT2D eigenvalue weighted by Crippen LogP contribution is -2.35. The van der Waals surface area contributed by atoms with E-state index in [4.69, 9.17) is 5.11 Å². The van der Waals surface area contributed by atoms with Crippen LogP contribution in [0.15, 0.2) is 11.6 Å². The molecule has 1 aliphatic carbocycles. The van der Waals surface area contributed by atoms with E-state index in [0.29, 0.717) is 11.6 Å². The zero-order valence-electron chi connectivity index (χ0n) is 10.6. The third-order valence-corrected chi connectivity index (χ3v) is 3.63. The highest BCUT2D eigenvalue weighted by atomic mass is 16.4. The first kappa shape index (κ1) is 13.2. The van der Waals surface area contributed by atoms with Gasteiger partial charge in [-0.05, 0) is 45.6 Å². The Morgan fingerprint density at radius 3 is 2.44 bits per heavy atom. The van der Waals surface area contributed by atoms with Crippen molar-refractivity contribution >= 4 is 5.97 Å². The molecule has 0 aromatic rings. The van der Waals surface area contributed by atoms with Gasteiger partial charge in [0.15, 0.2) is 0 Å². The molecule has 16 heavy (non-hydrogen) atoms. The molecule has 1 aliphatic rings. The molecular formula is C13H23NO2. The lowest BCUT2D eigenvalue weighted by molar-refractivity contribution is -0.132. The van der Waals surface area contributed by atoms with Crippen LogP contribution in [-0.4, -0.2) is 35.6 Å². The summed E-state index contributed by atoms with van der Waals surface area (Å²) in [5, 5.41) is 8.75. The number of carboxylic acids is 1. The number of nitrogens with zero attached hydrogens (tertiary/aromatic N) is 1. The minimum Gasteiger partial charge on any atom is -0.478 e. The summed E-state index contributed by atoms with van der Waals surface area (Å²) < 4.78 is 0. The maximum absolute atomic E-state index is 10.6.